The molecule has 0 radical (unpaired) electrons. The number of nitrogens with zero attached hydrogens (tertiary/aromatic N) is 1. The van der Waals surface area contributed by atoms with E-state index in [1.807, 2.05) is 4.90 Å². The molecule has 1 aromatic carbocycles. The summed E-state index contributed by atoms with van der Waals surface area (Å²) < 4.78 is 26.7. The second-order valence-corrected chi connectivity index (χ2v) is 4.71. The predicted octanol–water partition coefficient (Wildman–Crippen LogP) is 2.07. The Morgan fingerprint density at radius 1 is 1.21 bits per heavy atom. The van der Waals surface area contributed by atoms with E-state index in [-0.39, 0.29) is 18.0 Å². The SMILES string of the molecule is O=C(CCNCc1c(F)cccc1F)N1CCCC1. The molecule has 0 atom stereocenters. The Balaban J connectivity index is 1.73. The summed E-state index contributed by atoms with van der Waals surface area (Å²) in [5.41, 5.74) is 0.0242. The molecule has 1 saturated heterocycles. The standard InChI is InChI=1S/C14H18F2N2O/c15-12-4-3-5-13(16)11(12)10-17-7-6-14(19)18-8-1-2-9-18/h3-5,17H,1-2,6-10H2. The maximum atomic E-state index is 13.3. The third-order valence-electron chi connectivity index (χ3n) is 3.34. The molecule has 19 heavy (non-hydrogen) atoms. The molecule has 1 aliphatic rings. The average Bonchev–Trinajstić information content (AvgIpc) is 2.91. The number of nitrogens with one attached hydrogen (secondary N) is 1. The molecule has 0 bridgehead atoms. The van der Waals surface area contributed by atoms with Gasteiger partial charge in [-0.05, 0) is 25.0 Å². The van der Waals surface area contributed by atoms with Crippen molar-refractivity contribution in [2.75, 3.05) is 19.6 Å². The van der Waals surface area contributed by atoms with Crippen molar-refractivity contribution in [3.05, 3.63) is 35.4 Å². The monoisotopic (exact) mass is 268 g/mol. The first-order valence-corrected chi connectivity index (χ1v) is 6.60. The van der Waals surface area contributed by atoms with Crippen LogP contribution in [0.5, 0.6) is 0 Å². The molecule has 1 aromatic rings. The number of hydrogen-bond donors (Lipinski definition) is 1. The van der Waals surface area contributed by atoms with Crippen LogP contribution in [-0.4, -0.2) is 30.4 Å². The van der Waals surface area contributed by atoms with Gasteiger partial charge in [0.05, 0.1) is 0 Å². The van der Waals surface area contributed by atoms with Crippen molar-refractivity contribution in [1.82, 2.24) is 10.2 Å². The summed E-state index contributed by atoms with van der Waals surface area (Å²) in [4.78, 5) is 13.6. The second kappa shape index (κ2) is 6.61. The Morgan fingerprint density at radius 3 is 2.47 bits per heavy atom. The van der Waals surface area contributed by atoms with Crippen LogP contribution in [0.15, 0.2) is 18.2 Å². The van der Waals surface area contributed by atoms with Crippen LogP contribution in [0.25, 0.3) is 0 Å². The van der Waals surface area contributed by atoms with E-state index in [2.05, 4.69) is 5.32 Å². The average molecular weight is 268 g/mol. The number of hydrogen-bond acceptors (Lipinski definition) is 2. The molecule has 1 amide bonds. The highest BCUT2D eigenvalue weighted by Gasteiger charge is 2.17. The van der Waals surface area contributed by atoms with Crippen molar-refractivity contribution in [1.29, 1.82) is 0 Å². The fourth-order valence-corrected chi connectivity index (χ4v) is 2.23. The molecule has 2 rings (SSSR count). The van der Waals surface area contributed by atoms with Gasteiger partial charge in [0.25, 0.3) is 0 Å². The van der Waals surface area contributed by atoms with Crippen LogP contribution in [0.1, 0.15) is 24.8 Å². The van der Waals surface area contributed by atoms with Crippen molar-refractivity contribution in [3.8, 4) is 0 Å². The van der Waals surface area contributed by atoms with Gasteiger partial charge >= 0.3 is 0 Å². The molecular weight excluding hydrogens is 250 g/mol. The molecule has 0 spiro atoms. The molecule has 0 aliphatic carbocycles. The quantitative estimate of drug-likeness (QED) is 0.829. The van der Waals surface area contributed by atoms with Crippen molar-refractivity contribution in [2.45, 2.75) is 25.8 Å². The summed E-state index contributed by atoms with van der Waals surface area (Å²) in [5, 5.41) is 2.91. The van der Waals surface area contributed by atoms with Crippen LogP contribution in [0.3, 0.4) is 0 Å². The molecule has 0 unspecified atom stereocenters. The van der Waals surface area contributed by atoms with Crippen molar-refractivity contribution in [2.24, 2.45) is 0 Å². The molecule has 0 saturated carbocycles. The third-order valence-corrected chi connectivity index (χ3v) is 3.34. The lowest BCUT2D eigenvalue weighted by atomic mass is 10.2. The van der Waals surface area contributed by atoms with E-state index in [9.17, 15) is 13.6 Å². The Bertz CT molecular complexity index is 425. The van der Waals surface area contributed by atoms with Crippen molar-refractivity contribution in [3.63, 3.8) is 0 Å². The maximum absolute atomic E-state index is 13.3. The number of rotatable bonds is 5. The number of amides is 1. The Labute approximate surface area is 111 Å². The van der Waals surface area contributed by atoms with Crippen molar-refractivity contribution >= 4 is 5.91 Å². The highest BCUT2D eigenvalue weighted by atomic mass is 19.1. The van der Waals surface area contributed by atoms with Crippen LogP contribution < -0.4 is 5.32 Å². The van der Waals surface area contributed by atoms with Gasteiger partial charge in [-0.1, -0.05) is 6.07 Å². The van der Waals surface area contributed by atoms with E-state index in [0.717, 1.165) is 25.9 Å². The van der Waals surface area contributed by atoms with E-state index < -0.39 is 11.6 Å². The summed E-state index contributed by atoms with van der Waals surface area (Å²) >= 11 is 0. The van der Waals surface area contributed by atoms with Crippen LogP contribution >= 0.6 is 0 Å². The van der Waals surface area contributed by atoms with E-state index in [0.29, 0.717) is 13.0 Å². The maximum Gasteiger partial charge on any atom is 0.223 e. The largest absolute Gasteiger partial charge is 0.343 e. The minimum absolute atomic E-state index is 0.0242. The number of benzene rings is 1. The Morgan fingerprint density at radius 2 is 1.84 bits per heavy atom. The van der Waals surface area contributed by atoms with Gasteiger partial charge in [0.2, 0.25) is 5.91 Å². The molecule has 0 aromatic heterocycles. The summed E-state index contributed by atoms with van der Waals surface area (Å²) in [7, 11) is 0. The molecule has 104 valence electrons. The fraction of sp³-hybridized carbons (Fsp3) is 0.500. The zero-order valence-corrected chi connectivity index (χ0v) is 10.8. The molecular formula is C14H18F2N2O. The second-order valence-electron chi connectivity index (χ2n) is 4.71. The van der Waals surface area contributed by atoms with Gasteiger partial charge in [-0.25, -0.2) is 8.78 Å². The smallest absolute Gasteiger partial charge is 0.223 e. The predicted molar refractivity (Wildman–Crippen MR) is 68.5 cm³/mol. The molecule has 5 heteroatoms. The van der Waals surface area contributed by atoms with Crippen LogP contribution in [0.2, 0.25) is 0 Å². The van der Waals surface area contributed by atoms with Gasteiger partial charge in [-0.2, -0.15) is 0 Å². The zero-order chi connectivity index (χ0) is 13.7. The highest BCUT2D eigenvalue weighted by molar-refractivity contribution is 5.76. The molecule has 1 heterocycles. The normalized spacial score (nSPS) is 14.9. The van der Waals surface area contributed by atoms with Crippen LogP contribution in [0, 0.1) is 11.6 Å². The van der Waals surface area contributed by atoms with Crippen LogP contribution in [-0.2, 0) is 11.3 Å². The lowest BCUT2D eigenvalue weighted by molar-refractivity contribution is -0.130. The Kier molecular flexibility index (Phi) is 4.85. The molecule has 3 nitrogen and oxygen atoms in total. The fourth-order valence-electron chi connectivity index (χ4n) is 2.23. The van der Waals surface area contributed by atoms with Gasteiger partial charge in [0.1, 0.15) is 11.6 Å². The first-order chi connectivity index (χ1) is 9.18. The van der Waals surface area contributed by atoms with Gasteiger partial charge in [0, 0.05) is 38.2 Å². The summed E-state index contributed by atoms with van der Waals surface area (Å²) in [6.07, 6.45) is 2.51. The van der Waals surface area contributed by atoms with Gasteiger partial charge in [-0.3, -0.25) is 4.79 Å². The lowest BCUT2D eigenvalue weighted by Gasteiger charge is -2.15. The molecule has 1 N–H and O–H groups in total. The number of likely N-dealkylation sites (tertiary alicyclic amines) is 1. The van der Waals surface area contributed by atoms with Gasteiger partial charge in [-0.15, -0.1) is 0 Å². The minimum Gasteiger partial charge on any atom is -0.343 e. The van der Waals surface area contributed by atoms with E-state index in [1.54, 1.807) is 0 Å². The van der Waals surface area contributed by atoms with E-state index in [4.69, 9.17) is 0 Å². The minimum atomic E-state index is -0.557. The first-order valence-electron chi connectivity index (χ1n) is 6.60. The van der Waals surface area contributed by atoms with Crippen LogP contribution in [0.4, 0.5) is 8.78 Å². The number of carbonyl (C=O) groups excluding carboxylic acids is 1. The zero-order valence-electron chi connectivity index (χ0n) is 10.8. The highest BCUT2D eigenvalue weighted by Crippen LogP contribution is 2.12. The Hall–Kier alpha value is -1.49. The van der Waals surface area contributed by atoms with Crippen molar-refractivity contribution < 1.29 is 13.6 Å². The summed E-state index contributed by atoms with van der Waals surface area (Å²) in [5.74, 6) is -1.00. The number of carbonyl (C=O) groups is 1. The molecule has 1 fully saturated rings. The van der Waals surface area contributed by atoms with E-state index in [1.165, 1.54) is 18.2 Å². The van der Waals surface area contributed by atoms with E-state index >= 15 is 0 Å². The molecule has 1 aliphatic heterocycles. The number of halogens is 2. The summed E-state index contributed by atoms with van der Waals surface area (Å²) in [6.45, 7) is 2.20. The lowest BCUT2D eigenvalue weighted by Crippen LogP contribution is -2.30. The van der Waals surface area contributed by atoms with Gasteiger partial charge in [0.15, 0.2) is 0 Å². The topological polar surface area (TPSA) is 32.3 Å². The third kappa shape index (κ3) is 3.73. The van der Waals surface area contributed by atoms with Gasteiger partial charge < -0.3 is 10.2 Å². The first kappa shape index (κ1) is 13.9. The summed E-state index contributed by atoms with van der Waals surface area (Å²) in [6, 6.07) is 3.80.